The molecule has 3 heterocycles. The van der Waals surface area contributed by atoms with Crippen molar-refractivity contribution in [3.63, 3.8) is 0 Å². The summed E-state index contributed by atoms with van der Waals surface area (Å²) in [6, 6.07) is 22.4. The van der Waals surface area contributed by atoms with Crippen molar-refractivity contribution in [1.29, 1.82) is 0 Å². The number of rotatable bonds is 1. The van der Waals surface area contributed by atoms with Crippen LogP contribution in [0, 0.1) is 0 Å². The molecule has 0 saturated carbocycles. The summed E-state index contributed by atoms with van der Waals surface area (Å²) in [5, 5.41) is 1.41. The molecule has 0 aliphatic heterocycles. The van der Waals surface area contributed by atoms with E-state index < -0.39 is 0 Å². The molecule has 0 N–H and O–H groups in total. The Bertz CT molecular complexity index is 727. The summed E-state index contributed by atoms with van der Waals surface area (Å²) in [6.45, 7) is 0. The van der Waals surface area contributed by atoms with Crippen LogP contribution < -0.4 is 0 Å². The average Bonchev–Trinajstić information content (AvgIpc) is 3.06. The van der Waals surface area contributed by atoms with Gasteiger partial charge in [-0.3, -0.25) is 9.97 Å². The fourth-order valence-corrected chi connectivity index (χ4v) is 3.59. The Hall–Kier alpha value is -2.22. The van der Waals surface area contributed by atoms with Crippen LogP contribution >= 0.6 is 0 Å². The SMILES string of the molecule is c1ccc(-c2ccccn2)nc1.c1ccc2[se]ccc2c1. The van der Waals surface area contributed by atoms with Crippen LogP contribution in [-0.2, 0) is 0 Å². The second-order valence-electron chi connectivity index (χ2n) is 4.39. The molecule has 0 aliphatic carbocycles. The zero-order valence-electron chi connectivity index (χ0n) is 11.4. The predicted octanol–water partition coefficient (Wildman–Crippen LogP) is 4.04. The molecule has 4 rings (SSSR count). The average molecular weight is 337 g/mol. The zero-order valence-corrected chi connectivity index (χ0v) is 13.1. The molecule has 3 heteroatoms. The molecule has 0 atom stereocenters. The number of hydrogen-bond donors (Lipinski definition) is 0. The van der Waals surface area contributed by atoms with Crippen molar-refractivity contribution in [1.82, 2.24) is 9.97 Å². The van der Waals surface area contributed by atoms with E-state index >= 15 is 0 Å². The van der Waals surface area contributed by atoms with E-state index in [2.05, 4.69) is 45.2 Å². The van der Waals surface area contributed by atoms with Crippen LogP contribution in [0.4, 0.5) is 0 Å². The maximum absolute atomic E-state index is 4.19. The van der Waals surface area contributed by atoms with E-state index in [1.54, 1.807) is 12.4 Å². The number of pyridine rings is 2. The summed E-state index contributed by atoms with van der Waals surface area (Å²) < 4.78 is 1.52. The van der Waals surface area contributed by atoms with Gasteiger partial charge in [-0.05, 0) is 24.3 Å². The Labute approximate surface area is 129 Å². The van der Waals surface area contributed by atoms with Crippen LogP contribution in [0.25, 0.3) is 21.0 Å². The first-order valence-corrected chi connectivity index (χ1v) is 8.53. The van der Waals surface area contributed by atoms with Crippen molar-refractivity contribution in [2.24, 2.45) is 0 Å². The second-order valence-corrected chi connectivity index (χ2v) is 6.38. The first-order valence-electron chi connectivity index (χ1n) is 6.68. The molecule has 102 valence electrons. The summed E-state index contributed by atoms with van der Waals surface area (Å²) in [6.07, 6.45) is 3.54. The van der Waals surface area contributed by atoms with Crippen molar-refractivity contribution < 1.29 is 0 Å². The molecule has 3 aromatic heterocycles. The van der Waals surface area contributed by atoms with E-state index in [0.29, 0.717) is 14.5 Å². The van der Waals surface area contributed by atoms with E-state index in [-0.39, 0.29) is 0 Å². The molecular formula is C18H14N2Se. The first-order chi connectivity index (χ1) is 10.4. The molecule has 0 fully saturated rings. The number of fused-ring (bicyclic) bond motifs is 1. The normalized spacial score (nSPS) is 9.90. The summed E-state index contributed by atoms with van der Waals surface area (Å²) in [7, 11) is 0. The van der Waals surface area contributed by atoms with E-state index in [9.17, 15) is 0 Å². The molecule has 0 spiro atoms. The van der Waals surface area contributed by atoms with E-state index in [0.717, 1.165) is 11.4 Å². The van der Waals surface area contributed by atoms with Crippen LogP contribution in [-0.4, -0.2) is 24.5 Å². The molecule has 0 radical (unpaired) electrons. The minimum atomic E-state index is 0.622. The van der Waals surface area contributed by atoms with E-state index in [1.807, 2.05) is 36.4 Å². The van der Waals surface area contributed by atoms with Gasteiger partial charge >= 0.3 is 59.4 Å². The number of nitrogens with zero attached hydrogens (tertiary/aromatic N) is 2. The Morgan fingerprint density at radius 3 is 1.81 bits per heavy atom. The molecule has 2 nitrogen and oxygen atoms in total. The molecule has 0 unspecified atom stereocenters. The van der Waals surface area contributed by atoms with Crippen LogP contribution in [0.3, 0.4) is 0 Å². The summed E-state index contributed by atoms with van der Waals surface area (Å²) in [5.41, 5.74) is 1.83. The molecule has 0 aliphatic rings. The summed E-state index contributed by atoms with van der Waals surface area (Å²) in [4.78, 5) is 10.6. The van der Waals surface area contributed by atoms with Crippen molar-refractivity contribution >= 4 is 24.1 Å². The molecular weight excluding hydrogens is 323 g/mol. The number of aromatic nitrogens is 2. The summed E-state index contributed by atoms with van der Waals surface area (Å²) >= 11 is 0.622. The molecule has 21 heavy (non-hydrogen) atoms. The molecule has 0 saturated heterocycles. The molecule has 0 bridgehead atoms. The zero-order chi connectivity index (χ0) is 14.3. The van der Waals surface area contributed by atoms with E-state index in [1.165, 1.54) is 9.65 Å². The Kier molecular flexibility index (Phi) is 4.57. The molecule has 4 aromatic rings. The van der Waals surface area contributed by atoms with Gasteiger partial charge in [0, 0.05) is 12.4 Å². The van der Waals surface area contributed by atoms with Gasteiger partial charge in [-0.1, -0.05) is 12.1 Å². The van der Waals surface area contributed by atoms with Gasteiger partial charge in [-0.2, -0.15) is 0 Å². The van der Waals surface area contributed by atoms with Crippen LogP contribution in [0.2, 0.25) is 0 Å². The Morgan fingerprint density at radius 1 is 0.619 bits per heavy atom. The van der Waals surface area contributed by atoms with Crippen molar-refractivity contribution in [2.75, 3.05) is 0 Å². The Morgan fingerprint density at radius 2 is 1.24 bits per heavy atom. The fourth-order valence-electron chi connectivity index (χ4n) is 1.93. The summed E-state index contributed by atoms with van der Waals surface area (Å²) in [5.74, 6) is 0. The first kappa shape index (κ1) is 13.7. The van der Waals surface area contributed by atoms with Gasteiger partial charge in [-0.25, -0.2) is 0 Å². The third-order valence-corrected chi connectivity index (χ3v) is 4.84. The Balaban J connectivity index is 0.000000131. The molecule has 0 amide bonds. The van der Waals surface area contributed by atoms with Crippen LogP contribution in [0.1, 0.15) is 0 Å². The van der Waals surface area contributed by atoms with Crippen LogP contribution in [0.15, 0.2) is 84.1 Å². The second kappa shape index (κ2) is 6.98. The minimum absolute atomic E-state index is 0.622. The number of benzene rings is 1. The van der Waals surface area contributed by atoms with Crippen molar-refractivity contribution in [2.45, 2.75) is 0 Å². The van der Waals surface area contributed by atoms with Gasteiger partial charge in [0.1, 0.15) is 0 Å². The maximum atomic E-state index is 4.19. The molecule has 1 aromatic carbocycles. The van der Waals surface area contributed by atoms with E-state index in [4.69, 9.17) is 0 Å². The third-order valence-electron chi connectivity index (χ3n) is 2.95. The van der Waals surface area contributed by atoms with Crippen LogP contribution in [0.5, 0.6) is 0 Å². The number of hydrogen-bond acceptors (Lipinski definition) is 2. The van der Waals surface area contributed by atoms with Gasteiger partial charge in [0.05, 0.1) is 11.4 Å². The van der Waals surface area contributed by atoms with Gasteiger partial charge in [0.2, 0.25) is 0 Å². The van der Waals surface area contributed by atoms with Gasteiger partial charge in [-0.15, -0.1) is 0 Å². The predicted molar refractivity (Wildman–Crippen MR) is 88.4 cm³/mol. The van der Waals surface area contributed by atoms with Crippen molar-refractivity contribution in [3.05, 3.63) is 84.1 Å². The van der Waals surface area contributed by atoms with Gasteiger partial charge < -0.3 is 0 Å². The quantitative estimate of drug-likeness (QED) is 0.490. The van der Waals surface area contributed by atoms with Crippen molar-refractivity contribution in [3.8, 4) is 11.4 Å². The van der Waals surface area contributed by atoms with Gasteiger partial charge in [0.25, 0.3) is 0 Å². The fraction of sp³-hybridized carbons (Fsp3) is 0. The third kappa shape index (κ3) is 3.66. The standard InChI is InChI=1S/C10H8N2.C8H6Se/c1-3-7-11-9(5-1)10-6-2-4-8-12-10;1-2-4-8-7(3-1)5-6-9-8/h1-8H;1-6H. The topological polar surface area (TPSA) is 25.8 Å². The monoisotopic (exact) mass is 338 g/mol. The van der Waals surface area contributed by atoms with Gasteiger partial charge in [0.15, 0.2) is 0 Å².